The Morgan fingerprint density at radius 2 is 2.08 bits per heavy atom. The number of thiophene rings is 1. The fourth-order valence-electron chi connectivity index (χ4n) is 2.42. The van der Waals surface area contributed by atoms with Gasteiger partial charge in [0.2, 0.25) is 0 Å². The van der Waals surface area contributed by atoms with Gasteiger partial charge in [-0.05, 0) is 31.2 Å². The molecule has 0 atom stereocenters. The van der Waals surface area contributed by atoms with Gasteiger partial charge in [-0.25, -0.2) is 8.78 Å². The predicted octanol–water partition coefficient (Wildman–Crippen LogP) is 4.68. The zero-order valence-corrected chi connectivity index (χ0v) is 14.3. The third kappa shape index (κ3) is 3.47. The molecule has 9 heteroatoms. The lowest BCUT2D eigenvalue weighted by Gasteiger charge is -2.21. The SMILES string of the molecule is Cc1sc(C(=O)N(Cc2ccco2)c2ccc(F)cc2F)cc1[N+](=O)[O-]. The van der Waals surface area contributed by atoms with Crippen molar-refractivity contribution in [2.24, 2.45) is 0 Å². The Hall–Kier alpha value is -3.07. The van der Waals surface area contributed by atoms with Crippen LogP contribution in [0.5, 0.6) is 0 Å². The summed E-state index contributed by atoms with van der Waals surface area (Å²) in [5.41, 5.74) is -0.336. The first-order chi connectivity index (χ1) is 12.4. The summed E-state index contributed by atoms with van der Waals surface area (Å²) in [6.07, 6.45) is 1.40. The van der Waals surface area contributed by atoms with Crippen LogP contribution in [0.1, 0.15) is 20.3 Å². The second kappa shape index (κ2) is 7.04. The maximum Gasteiger partial charge on any atom is 0.283 e. The van der Waals surface area contributed by atoms with E-state index in [1.165, 1.54) is 13.2 Å². The third-order valence-electron chi connectivity index (χ3n) is 3.64. The fraction of sp³-hybridized carbons (Fsp3) is 0.118. The van der Waals surface area contributed by atoms with Gasteiger partial charge in [0.15, 0.2) is 0 Å². The highest BCUT2D eigenvalue weighted by Gasteiger charge is 2.27. The smallest absolute Gasteiger partial charge is 0.283 e. The van der Waals surface area contributed by atoms with Crippen molar-refractivity contribution in [3.63, 3.8) is 0 Å². The zero-order valence-electron chi connectivity index (χ0n) is 13.4. The number of halogens is 2. The lowest BCUT2D eigenvalue weighted by atomic mass is 10.2. The summed E-state index contributed by atoms with van der Waals surface area (Å²) in [5, 5.41) is 11.0. The van der Waals surface area contributed by atoms with E-state index in [4.69, 9.17) is 4.42 Å². The molecule has 134 valence electrons. The molecule has 1 amide bonds. The van der Waals surface area contributed by atoms with Gasteiger partial charge in [-0.3, -0.25) is 19.8 Å². The van der Waals surface area contributed by atoms with Crippen molar-refractivity contribution < 1.29 is 22.9 Å². The first kappa shape index (κ1) is 17.7. The number of rotatable bonds is 5. The molecule has 2 heterocycles. The number of carbonyl (C=O) groups excluding carboxylic acids is 1. The van der Waals surface area contributed by atoms with Crippen LogP contribution in [-0.2, 0) is 6.54 Å². The minimum absolute atomic E-state index is 0.0736. The van der Waals surface area contributed by atoms with E-state index < -0.39 is 22.5 Å². The molecule has 2 aromatic heterocycles. The minimum atomic E-state index is -0.923. The summed E-state index contributed by atoms with van der Waals surface area (Å²) in [7, 11) is 0. The lowest BCUT2D eigenvalue weighted by Crippen LogP contribution is -2.30. The van der Waals surface area contributed by atoms with Gasteiger partial charge in [0.25, 0.3) is 11.6 Å². The third-order valence-corrected chi connectivity index (χ3v) is 4.67. The topological polar surface area (TPSA) is 76.6 Å². The van der Waals surface area contributed by atoms with Crippen molar-refractivity contribution in [1.29, 1.82) is 0 Å². The molecular weight excluding hydrogens is 366 g/mol. The van der Waals surface area contributed by atoms with Crippen molar-refractivity contribution in [2.45, 2.75) is 13.5 Å². The maximum absolute atomic E-state index is 14.2. The molecule has 3 aromatic rings. The summed E-state index contributed by atoms with van der Waals surface area (Å²) in [4.78, 5) is 24.8. The molecule has 3 rings (SSSR count). The Kier molecular flexibility index (Phi) is 4.81. The Bertz CT molecular complexity index is 969. The first-order valence-corrected chi connectivity index (χ1v) is 8.22. The Balaban J connectivity index is 2.03. The number of hydrogen-bond acceptors (Lipinski definition) is 5. The summed E-state index contributed by atoms with van der Waals surface area (Å²) >= 11 is 0.935. The molecular formula is C17H12F2N2O4S. The molecule has 0 aliphatic carbocycles. The molecule has 0 fully saturated rings. The van der Waals surface area contributed by atoms with Crippen molar-refractivity contribution >= 4 is 28.6 Å². The molecule has 0 spiro atoms. The minimum Gasteiger partial charge on any atom is -0.467 e. The number of amides is 1. The molecule has 0 saturated heterocycles. The van der Waals surface area contributed by atoms with Crippen molar-refractivity contribution in [3.8, 4) is 0 Å². The molecule has 6 nitrogen and oxygen atoms in total. The van der Waals surface area contributed by atoms with Crippen LogP contribution in [0.15, 0.2) is 47.1 Å². The van der Waals surface area contributed by atoms with E-state index in [1.54, 1.807) is 12.1 Å². The Labute approximate surface area is 150 Å². The van der Waals surface area contributed by atoms with E-state index in [9.17, 15) is 23.7 Å². The number of benzene rings is 1. The fourth-order valence-corrected chi connectivity index (χ4v) is 3.35. The van der Waals surface area contributed by atoms with Gasteiger partial charge in [-0.2, -0.15) is 0 Å². The van der Waals surface area contributed by atoms with Gasteiger partial charge in [0.05, 0.1) is 33.2 Å². The van der Waals surface area contributed by atoms with Crippen LogP contribution >= 0.6 is 11.3 Å². The molecule has 0 unspecified atom stereocenters. The quantitative estimate of drug-likeness (QED) is 0.477. The number of aryl methyl sites for hydroxylation is 1. The molecule has 0 bridgehead atoms. The molecule has 0 N–H and O–H groups in total. The molecule has 0 aliphatic rings. The van der Waals surface area contributed by atoms with E-state index in [0.717, 1.165) is 34.4 Å². The van der Waals surface area contributed by atoms with Crippen LogP contribution in [0, 0.1) is 28.7 Å². The van der Waals surface area contributed by atoms with E-state index >= 15 is 0 Å². The summed E-state index contributed by atoms with van der Waals surface area (Å²) in [6.45, 7) is 1.41. The molecule has 0 aliphatic heterocycles. The molecule has 1 aromatic carbocycles. The zero-order chi connectivity index (χ0) is 18.8. The van der Waals surface area contributed by atoms with Gasteiger partial charge in [-0.15, -0.1) is 11.3 Å². The van der Waals surface area contributed by atoms with Gasteiger partial charge < -0.3 is 4.42 Å². The van der Waals surface area contributed by atoms with Crippen LogP contribution in [0.25, 0.3) is 0 Å². The summed E-state index contributed by atoms with van der Waals surface area (Å²) < 4.78 is 32.7. The highest BCUT2D eigenvalue weighted by molar-refractivity contribution is 7.14. The van der Waals surface area contributed by atoms with E-state index in [1.807, 2.05) is 0 Å². The number of hydrogen-bond donors (Lipinski definition) is 0. The number of anilines is 1. The summed E-state index contributed by atoms with van der Waals surface area (Å²) in [6, 6.07) is 7.20. The van der Waals surface area contributed by atoms with E-state index in [0.29, 0.717) is 16.7 Å². The van der Waals surface area contributed by atoms with Crippen molar-refractivity contribution in [2.75, 3.05) is 4.90 Å². The predicted molar refractivity (Wildman–Crippen MR) is 91.3 cm³/mol. The van der Waals surface area contributed by atoms with Gasteiger partial charge in [0, 0.05) is 12.1 Å². The van der Waals surface area contributed by atoms with Crippen LogP contribution in [0.4, 0.5) is 20.2 Å². The van der Waals surface area contributed by atoms with Crippen LogP contribution < -0.4 is 4.90 Å². The Morgan fingerprint density at radius 3 is 2.65 bits per heavy atom. The molecule has 26 heavy (non-hydrogen) atoms. The number of nitrogens with zero attached hydrogens (tertiary/aromatic N) is 2. The Morgan fingerprint density at radius 1 is 1.31 bits per heavy atom. The first-order valence-electron chi connectivity index (χ1n) is 7.41. The van der Waals surface area contributed by atoms with Gasteiger partial charge in [0.1, 0.15) is 17.4 Å². The average molecular weight is 378 g/mol. The van der Waals surface area contributed by atoms with Crippen molar-refractivity contribution in [1.82, 2.24) is 0 Å². The lowest BCUT2D eigenvalue weighted by molar-refractivity contribution is -0.385. The van der Waals surface area contributed by atoms with Crippen LogP contribution in [0.2, 0.25) is 0 Å². The van der Waals surface area contributed by atoms with E-state index in [-0.39, 0.29) is 22.8 Å². The summed E-state index contributed by atoms with van der Waals surface area (Å²) in [5.74, 6) is -1.97. The van der Waals surface area contributed by atoms with Crippen molar-refractivity contribution in [3.05, 3.63) is 79.9 Å². The standard InChI is InChI=1S/C17H12F2N2O4S/c1-10-15(21(23)24)8-16(26-10)17(22)20(9-12-3-2-6-25-12)14-5-4-11(18)7-13(14)19/h2-8H,9H2,1H3. The number of nitro groups is 1. The molecule has 0 saturated carbocycles. The second-order valence-electron chi connectivity index (χ2n) is 5.38. The van der Waals surface area contributed by atoms with Crippen LogP contribution in [-0.4, -0.2) is 10.8 Å². The normalized spacial score (nSPS) is 10.7. The highest BCUT2D eigenvalue weighted by Crippen LogP contribution is 2.31. The average Bonchev–Trinajstić information content (AvgIpc) is 3.22. The largest absolute Gasteiger partial charge is 0.467 e. The van der Waals surface area contributed by atoms with Gasteiger partial charge >= 0.3 is 0 Å². The monoisotopic (exact) mass is 378 g/mol. The van der Waals surface area contributed by atoms with Gasteiger partial charge in [-0.1, -0.05) is 0 Å². The number of furan rings is 1. The second-order valence-corrected chi connectivity index (χ2v) is 6.63. The maximum atomic E-state index is 14.2. The number of carbonyl (C=O) groups is 1. The van der Waals surface area contributed by atoms with Crippen LogP contribution in [0.3, 0.4) is 0 Å². The van der Waals surface area contributed by atoms with E-state index in [2.05, 4.69) is 0 Å². The molecule has 0 radical (unpaired) electrons. The highest BCUT2D eigenvalue weighted by atomic mass is 32.1.